The van der Waals surface area contributed by atoms with Crippen molar-refractivity contribution < 1.29 is 9.47 Å². The third-order valence-electron chi connectivity index (χ3n) is 7.27. The van der Waals surface area contributed by atoms with Gasteiger partial charge in [0.1, 0.15) is 5.75 Å². The Labute approximate surface area is 213 Å². The van der Waals surface area contributed by atoms with Crippen LogP contribution in [0.1, 0.15) is 84.2 Å². The van der Waals surface area contributed by atoms with Gasteiger partial charge in [0.15, 0.2) is 5.82 Å². The summed E-state index contributed by atoms with van der Waals surface area (Å²) in [6.07, 6.45) is 4.98. The first-order chi connectivity index (χ1) is 17.4. The maximum atomic E-state index is 13.2. The topological polar surface area (TPSA) is 98.2 Å². The summed E-state index contributed by atoms with van der Waals surface area (Å²) in [6.45, 7) is 13.2. The number of fused-ring (bicyclic) bond motifs is 1. The molecule has 4 rings (SSSR count). The zero-order valence-corrected chi connectivity index (χ0v) is 22.3. The number of rotatable bonds is 12. The van der Waals surface area contributed by atoms with Crippen LogP contribution in [-0.4, -0.2) is 56.0 Å². The van der Waals surface area contributed by atoms with Crippen molar-refractivity contribution in [3.63, 3.8) is 0 Å². The lowest BCUT2D eigenvalue weighted by molar-refractivity contribution is 0.0462. The van der Waals surface area contributed by atoms with Gasteiger partial charge in [0.2, 0.25) is 0 Å². The predicted octanol–water partition coefficient (Wildman–Crippen LogP) is 4.58. The fraction of sp³-hybridized carbons (Fsp3) is 0.630. The average Bonchev–Trinajstić information content (AvgIpc) is 3.56. The predicted molar refractivity (Wildman–Crippen MR) is 140 cm³/mol. The van der Waals surface area contributed by atoms with E-state index in [0.29, 0.717) is 18.7 Å². The SMILES string of the molecule is CCC[C@H](c1nnnn1C(C)(C)CC)N(Cc1cc2cc(OCC)ccc2[nH]c1=O)C[C@@H]1CCCO1. The van der Waals surface area contributed by atoms with E-state index in [-0.39, 0.29) is 23.2 Å². The number of aromatic amines is 1. The van der Waals surface area contributed by atoms with E-state index in [1.807, 2.05) is 35.9 Å². The monoisotopic (exact) mass is 496 g/mol. The lowest BCUT2D eigenvalue weighted by atomic mass is 10.0. The summed E-state index contributed by atoms with van der Waals surface area (Å²) in [4.78, 5) is 18.6. The number of hydrogen-bond donors (Lipinski definition) is 1. The molecule has 3 aromatic rings. The molecule has 1 aliphatic rings. The molecule has 196 valence electrons. The first-order valence-corrected chi connectivity index (χ1v) is 13.3. The Hall–Kier alpha value is -2.78. The van der Waals surface area contributed by atoms with Crippen molar-refractivity contribution in [2.45, 2.75) is 91.0 Å². The van der Waals surface area contributed by atoms with Gasteiger partial charge in [-0.3, -0.25) is 9.69 Å². The van der Waals surface area contributed by atoms with Crippen molar-refractivity contribution in [1.82, 2.24) is 30.1 Å². The number of ether oxygens (including phenoxy) is 2. The molecule has 0 saturated carbocycles. The lowest BCUT2D eigenvalue weighted by Crippen LogP contribution is -2.39. The summed E-state index contributed by atoms with van der Waals surface area (Å²) >= 11 is 0. The molecule has 1 aliphatic heterocycles. The largest absolute Gasteiger partial charge is 0.494 e. The molecule has 2 aromatic heterocycles. The highest BCUT2D eigenvalue weighted by Gasteiger charge is 2.33. The minimum Gasteiger partial charge on any atom is -0.494 e. The zero-order valence-electron chi connectivity index (χ0n) is 22.3. The summed E-state index contributed by atoms with van der Waals surface area (Å²) < 4.78 is 13.7. The van der Waals surface area contributed by atoms with Crippen LogP contribution in [0.2, 0.25) is 0 Å². The zero-order chi connectivity index (χ0) is 25.7. The quantitative estimate of drug-likeness (QED) is 0.392. The summed E-state index contributed by atoms with van der Waals surface area (Å²) in [6, 6.07) is 7.72. The molecule has 1 N–H and O–H groups in total. The van der Waals surface area contributed by atoms with Crippen molar-refractivity contribution in [3.8, 4) is 5.75 Å². The van der Waals surface area contributed by atoms with Crippen LogP contribution in [-0.2, 0) is 16.8 Å². The van der Waals surface area contributed by atoms with Crippen LogP contribution in [0.25, 0.3) is 10.9 Å². The summed E-state index contributed by atoms with van der Waals surface area (Å²) in [5.74, 6) is 1.64. The molecule has 0 radical (unpaired) electrons. The van der Waals surface area contributed by atoms with Crippen molar-refractivity contribution in [1.29, 1.82) is 0 Å². The van der Waals surface area contributed by atoms with Crippen LogP contribution in [0.5, 0.6) is 5.75 Å². The highest BCUT2D eigenvalue weighted by Crippen LogP contribution is 2.31. The van der Waals surface area contributed by atoms with E-state index < -0.39 is 0 Å². The van der Waals surface area contributed by atoms with Crippen molar-refractivity contribution in [2.75, 3.05) is 19.8 Å². The molecule has 0 unspecified atom stereocenters. The fourth-order valence-electron chi connectivity index (χ4n) is 4.91. The molecule has 1 saturated heterocycles. The smallest absolute Gasteiger partial charge is 0.252 e. The Morgan fingerprint density at radius 2 is 2.11 bits per heavy atom. The number of H-pyrrole nitrogens is 1. The molecule has 9 heteroatoms. The van der Waals surface area contributed by atoms with E-state index in [0.717, 1.165) is 67.7 Å². The molecule has 0 aliphatic carbocycles. The van der Waals surface area contributed by atoms with Gasteiger partial charge in [0.05, 0.1) is 24.3 Å². The maximum absolute atomic E-state index is 13.2. The molecule has 36 heavy (non-hydrogen) atoms. The second-order valence-corrected chi connectivity index (χ2v) is 10.3. The van der Waals surface area contributed by atoms with Gasteiger partial charge in [-0.05, 0) is 81.1 Å². The van der Waals surface area contributed by atoms with E-state index in [1.54, 1.807) is 0 Å². The minimum absolute atomic E-state index is 0.0371. The van der Waals surface area contributed by atoms with Gasteiger partial charge >= 0.3 is 0 Å². The highest BCUT2D eigenvalue weighted by atomic mass is 16.5. The van der Waals surface area contributed by atoms with E-state index >= 15 is 0 Å². The molecule has 9 nitrogen and oxygen atoms in total. The van der Waals surface area contributed by atoms with Gasteiger partial charge in [-0.2, -0.15) is 0 Å². The standard InChI is InChI=1S/C27H40N6O3/c1-6-10-24(25-29-30-31-33(25)27(4,5)7-2)32(18-22-11-9-14-36-22)17-20-15-19-16-21(35-8-3)12-13-23(19)28-26(20)34/h12-13,15-16,22,24H,6-11,14,17-18H2,1-5H3,(H,28,34)/t22-,24+/m0/s1. The Bertz CT molecular complexity index is 1200. The molecule has 0 amide bonds. The second kappa shape index (κ2) is 11.5. The maximum Gasteiger partial charge on any atom is 0.252 e. The summed E-state index contributed by atoms with van der Waals surface area (Å²) in [7, 11) is 0. The molecule has 3 heterocycles. The first kappa shape index (κ1) is 26.3. The summed E-state index contributed by atoms with van der Waals surface area (Å²) in [5, 5.41) is 13.9. The van der Waals surface area contributed by atoms with Gasteiger partial charge in [-0.1, -0.05) is 20.3 Å². The average molecular weight is 497 g/mol. The van der Waals surface area contributed by atoms with E-state index in [2.05, 4.69) is 53.1 Å². The van der Waals surface area contributed by atoms with Crippen LogP contribution in [0.15, 0.2) is 29.1 Å². The van der Waals surface area contributed by atoms with Crippen LogP contribution in [0.4, 0.5) is 0 Å². The van der Waals surface area contributed by atoms with Gasteiger partial charge in [0.25, 0.3) is 5.56 Å². The Morgan fingerprint density at radius 3 is 2.81 bits per heavy atom. The van der Waals surface area contributed by atoms with E-state index in [9.17, 15) is 4.79 Å². The number of tetrazole rings is 1. The third kappa shape index (κ3) is 5.78. The number of hydrogen-bond acceptors (Lipinski definition) is 7. The molecular formula is C27H40N6O3. The second-order valence-electron chi connectivity index (χ2n) is 10.3. The molecule has 1 aromatic carbocycles. The molecule has 2 atom stereocenters. The van der Waals surface area contributed by atoms with Gasteiger partial charge in [-0.25, -0.2) is 4.68 Å². The Morgan fingerprint density at radius 1 is 1.28 bits per heavy atom. The van der Waals surface area contributed by atoms with E-state index in [4.69, 9.17) is 9.47 Å². The number of nitrogens with zero attached hydrogens (tertiary/aromatic N) is 5. The van der Waals surface area contributed by atoms with Gasteiger partial charge in [0, 0.05) is 36.2 Å². The Balaban J connectivity index is 1.73. The molecule has 0 spiro atoms. The van der Waals surface area contributed by atoms with Crippen LogP contribution < -0.4 is 10.3 Å². The minimum atomic E-state index is -0.212. The normalized spacial score (nSPS) is 17.2. The van der Waals surface area contributed by atoms with E-state index in [1.165, 1.54) is 0 Å². The van der Waals surface area contributed by atoms with Crippen LogP contribution in [0, 0.1) is 0 Å². The molecule has 1 fully saturated rings. The number of aromatic nitrogens is 5. The van der Waals surface area contributed by atoms with Crippen LogP contribution in [0.3, 0.4) is 0 Å². The number of benzene rings is 1. The van der Waals surface area contributed by atoms with Crippen LogP contribution >= 0.6 is 0 Å². The van der Waals surface area contributed by atoms with Crippen molar-refractivity contribution in [3.05, 3.63) is 46.0 Å². The number of nitrogens with one attached hydrogen (secondary N) is 1. The Kier molecular flexibility index (Phi) is 8.41. The third-order valence-corrected chi connectivity index (χ3v) is 7.27. The van der Waals surface area contributed by atoms with Gasteiger partial charge < -0.3 is 14.5 Å². The molecular weight excluding hydrogens is 456 g/mol. The fourth-order valence-corrected chi connectivity index (χ4v) is 4.91. The molecule has 0 bridgehead atoms. The number of pyridine rings is 1. The lowest BCUT2D eigenvalue weighted by Gasteiger charge is -2.34. The van der Waals surface area contributed by atoms with Gasteiger partial charge in [-0.15, -0.1) is 5.10 Å². The first-order valence-electron chi connectivity index (χ1n) is 13.3. The van der Waals surface area contributed by atoms with Crippen molar-refractivity contribution in [2.24, 2.45) is 0 Å². The van der Waals surface area contributed by atoms with Crippen molar-refractivity contribution >= 4 is 10.9 Å². The highest BCUT2D eigenvalue weighted by molar-refractivity contribution is 5.80. The summed E-state index contributed by atoms with van der Waals surface area (Å²) in [5.41, 5.74) is 1.23.